The molecule has 0 radical (unpaired) electrons. The molecule has 1 fully saturated rings. The number of hydrogen-bond acceptors (Lipinski definition) is 4. The average molecular weight is 317 g/mol. The Labute approximate surface area is 134 Å². The summed E-state index contributed by atoms with van der Waals surface area (Å²) < 4.78 is 5.58. The van der Waals surface area contributed by atoms with Gasteiger partial charge in [0.05, 0.1) is 19.8 Å². The van der Waals surface area contributed by atoms with Crippen LogP contribution in [0.4, 0.5) is 0 Å². The number of hydrogen-bond donors (Lipinski definition) is 2. The number of rotatable bonds is 7. The van der Waals surface area contributed by atoms with Crippen LogP contribution < -0.4 is 10.6 Å². The first-order valence-electron chi connectivity index (χ1n) is 7.87. The van der Waals surface area contributed by atoms with Gasteiger partial charge in [0.2, 0.25) is 0 Å². The summed E-state index contributed by atoms with van der Waals surface area (Å²) in [4.78, 5) is 7.17. The summed E-state index contributed by atoms with van der Waals surface area (Å²) >= 11 is 1.85. The highest BCUT2D eigenvalue weighted by Gasteiger charge is 2.18. The fourth-order valence-electron chi connectivity index (χ4n) is 2.07. The normalized spacial score (nSPS) is 19.4. The number of nitrogens with zero attached hydrogens (tertiary/aromatic N) is 2. The minimum atomic E-state index is 0.179. The maximum atomic E-state index is 5.40. The SMILES string of the molecule is CCNC(=NCC(C)(C)SC)NCC(C)N1CCOCC1. The Morgan fingerprint density at radius 2 is 2.00 bits per heavy atom. The highest BCUT2D eigenvalue weighted by molar-refractivity contribution is 7.99. The van der Waals surface area contributed by atoms with Crippen molar-refractivity contribution in [3.8, 4) is 0 Å². The van der Waals surface area contributed by atoms with Crippen molar-refractivity contribution in [1.82, 2.24) is 15.5 Å². The molecular weight excluding hydrogens is 284 g/mol. The molecule has 0 aromatic heterocycles. The third-order valence-corrected chi connectivity index (χ3v) is 4.98. The molecule has 2 N–H and O–H groups in total. The molecule has 0 amide bonds. The van der Waals surface area contributed by atoms with E-state index in [2.05, 4.69) is 49.5 Å². The molecule has 0 saturated carbocycles. The fraction of sp³-hybridized carbons (Fsp3) is 0.933. The van der Waals surface area contributed by atoms with Crippen LogP contribution >= 0.6 is 11.8 Å². The number of nitrogens with one attached hydrogen (secondary N) is 2. The summed E-state index contributed by atoms with van der Waals surface area (Å²) in [6, 6.07) is 0.492. The molecule has 21 heavy (non-hydrogen) atoms. The summed E-state index contributed by atoms with van der Waals surface area (Å²) in [5.74, 6) is 0.916. The second-order valence-corrected chi connectivity index (χ2v) is 7.55. The van der Waals surface area contributed by atoms with E-state index < -0.39 is 0 Å². The monoisotopic (exact) mass is 316 g/mol. The first-order valence-corrected chi connectivity index (χ1v) is 9.10. The van der Waals surface area contributed by atoms with Gasteiger partial charge in [-0.25, -0.2) is 0 Å². The number of aliphatic imine (C=N–C) groups is 1. The molecule has 0 spiro atoms. The maximum Gasteiger partial charge on any atom is 0.191 e. The van der Waals surface area contributed by atoms with Crippen LogP contribution in [0.3, 0.4) is 0 Å². The van der Waals surface area contributed by atoms with Crippen LogP contribution in [0.5, 0.6) is 0 Å². The molecule has 1 aliphatic heterocycles. The van der Waals surface area contributed by atoms with Gasteiger partial charge in [-0.05, 0) is 34.0 Å². The zero-order valence-corrected chi connectivity index (χ0v) is 15.1. The van der Waals surface area contributed by atoms with E-state index in [9.17, 15) is 0 Å². The lowest BCUT2D eigenvalue weighted by molar-refractivity contribution is 0.0211. The predicted molar refractivity (Wildman–Crippen MR) is 93.4 cm³/mol. The van der Waals surface area contributed by atoms with Crippen molar-refractivity contribution in [2.75, 3.05) is 52.2 Å². The first-order chi connectivity index (χ1) is 9.98. The van der Waals surface area contributed by atoms with Gasteiger partial charge in [0, 0.05) is 37.0 Å². The minimum absolute atomic E-state index is 0.179. The van der Waals surface area contributed by atoms with Crippen LogP contribution in [-0.2, 0) is 4.74 Å². The van der Waals surface area contributed by atoms with Gasteiger partial charge >= 0.3 is 0 Å². The van der Waals surface area contributed by atoms with Gasteiger partial charge in [-0.1, -0.05) is 0 Å². The van der Waals surface area contributed by atoms with E-state index in [0.717, 1.165) is 51.9 Å². The van der Waals surface area contributed by atoms with Crippen LogP contribution in [0.2, 0.25) is 0 Å². The van der Waals surface area contributed by atoms with Gasteiger partial charge < -0.3 is 15.4 Å². The molecule has 0 aliphatic carbocycles. The van der Waals surface area contributed by atoms with Crippen molar-refractivity contribution < 1.29 is 4.74 Å². The Hall–Kier alpha value is -0.460. The number of ether oxygens (including phenoxy) is 1. The van der Waals surface area contributed by atoms with Crippen LogP contribution in [0.15, 0.2) is 4.99 Å². The second-order valence-electron chi connectivity index (χ2n) is 6.04. The Morgan fingerprint density at radius 1 is 1.33 bits per heavy atom. The smallest absolute Gasteiger partial charge is 0.191 e. The highest BCUT2D eigenvalue weighted by Crippen LogP contribution is 2.20. The van der Waals surface area contributed by atoms with Gasteiger partial charge in [-0.15, -0.1) is 0 Å². The van der Waals surface area contributed by atoms with E-state index in [1.807, 2.05) is 11.8 Å². The average Bonchev–Trinajstić information content (AvgIpc) is 2.50. The Morgan fingerprint density at radius 3 is 2.57 bits per heavy atom. The van der Waals surface area contributed by atoms with Crippen LogP contribution in [-0.4, -0.2) is 73.8 Å². The third kappa shape index (κ3) is 7.38. The van der Waals surface area contributed by atoms with Crippen molar-refractivity contribution in [2.45, 2.75) is 38.5 Å². The molecule has 0 aromatic rings. The minimum Gasteiger partial charge on any atom is -0.379 e. The molecule has 5 nitrogen and oxygen atoms in total. The van der Waals surface area contributed by atoms with Crippen molar-refractivity contribution in [3.05, 3.63) is 0 Å². The lowest BCUT2D eigenvalue weighted by Crippen LogP contribution is -2.49. The molecule has 1 atom stereocenters. The standard InChI is InChI=1S/C15H32N4OS/c1-6-16-14(18-12-15(3,4)21-5)17-11-13(2)19-7-9-20-10-8-19/h13H,6-12H2,1-5H3,(H2,16,17,18). The largest absolute Gasteiger partial charge is 0.379 e. The maximum absolute atomic E-state index is 5.40. The van der Waals surface area contributed by atoms with Gasteiger partial charge in [-0.3, -0.25) is 9.89 Å². The highest BCUT2D eigenvalue weighted by atomic mass is 32.2. The molecule has 1 unspecified atom stereocenters. The Kier molecular flexibility index (Phi) is 8.44. The molecule has 0 aromatic carbocycles. The van der Waals surface area contributed by atoms with Gasteiger partial charge in [-0.2, -0.15) is 11.8 Å². The van der Waals surface area contributed by atoms with Gasteiger partial charge in [0.1, 0.15) is 0 Å². The van der Waals surface area contributed by atoms with Crippen LogP contribution in [0, 0.1) is 0 Å². The molecule has 124 valence electrons. The van der Waals surface area contributed by atoms with E-state index in [0.29, 0.717) is 6.04 Å². The van der Waals surface area contributed by atoms with E-state index in [4.69, 9.17) is 9.73 Å². The number of guanidine groups is 1. The van der Waals surface area contributed by atoms with E-state index in [1.165, 1.54) is 0 Å². The van der Waals surface area contributed by atoms with E-state index in [-0.39, 0.29) is 4.75 Å². The van der Waals surface area contributed by atoms with Crippen LogP contribution in [0.1, 0.15) is 27.7 Å². The van der Waals surface area contributed by atoms with Crippen molar-refractivity contribution in [1.29, 1.82) is 0 Å². The topological polar surface area (TPSA) is 48.9 Å². The molecule has 1 aliphatic rings. The lowest BCUT2D eigenvalue weighted by Gasteiger charge is -2.32. The van der Waals surface area contributed by atoms with E-state index in [1.54, 1.807) is 0 Å². The predicted octanol–water partition coefficient (Wildman–Crippen LogP) is 1.40. The lowest BCUT2D eigenvalue weighted by atomic mass is 10.2. The Balaban J connectivity index is 2.44. The molecule has 1 saturated heterocycles. The molecular formula is C15H32N4OS. The van der Waals surface area contributed by atoms with Crippen LogP contribution in [0.25, 0.3) is 0 Å². The molecule has 6 heteroatoms. The zero-order chi connectivity index (χ0) is 15.7. The Bertz CT molecular complexity index is 317. The summed E-state index contributed by atoms with van der Waals surface area (Å²) in [6.07, 6.45) is 2.14. The van der Waals surface area contributed by atoms with Crippen molar-refractivity contribution in [2.24, 2.45) is 4.99 Å². The van der Waals surface area contributed by atoms with Crippen molar-refractivity contribution in [3.63, 3.8) is 0 Å². The first kappa shape index (κ1) is 18.6. The number of morpholine rings is 1. The van der Waals surface area contributed by atoms with Gasteiger partial charge in [0.15, 0.2) is 5.96 Å². The fourth-order valence-corrected chi connectivity index (χ4v) is 2.26. The summed E-state index contributed by atoms with van der Waals surface area (Å²) in [5.41, 5.74) is 0. The summed E-state index contributed by atoms with van der Waals surface area (Å²) in [5, 5.41) is 6.79. The van der Waals surface area contributed by atoms with E-state index >= 15 is 0 Å². The zero-order valence-electron chi connectivity index (χ0n) is 14.2. The second kappa shape index (κ2) is 9.54. The summed E-state index contributed by atoms with van der Waals surface area (Å²) in [6.45, 7) is 15.2. The molecule has 1 rings (SSSR count). The van der Waals surface area contributed by atoms with Gasteiger partial charge in [0.25, 0.3) is 0 Å². The quantitative estimate of drug-likeness (QED) is 0.549. The summed E-state index contributed by atoms with van der Waals surface area (Å²) in [7, 11) is 0. The molecule has 1 heterocycles. The third-order valence-electron chi connectivity index (χ3n) is 3.75. The van der Waals surface area contributed by atoms with Crippen molar-refractivity contribution >= 4 is 17.7 Å². The number of thioether (sulfide) groups is 1. The molecule has 0 bridgehead atoms.